The molecule has 0 bridgehead atoms. The lowest BCUT2D eigenvalue weighted by molar-refractivity contribution is -0.137. The molecule has 0 radical (unpaired) electrons. The molecule has 3 amide bonds. The normalized spacial score (nSPS) is 25.0. The number of amides is 3. The molecule has 35 heavy (non-hydrogen) atoms. The number of nitriles is 1. The van der Waals surface area contributed by atoms with Gasteiger partial charge in [-0.15, -0.1) is 0 Å². The molecule has 1 N–H and O–H groups in total. The smallest absolute Gasteiger partial charge is 0.381 e. The number of fused-ring (bicyclic) bond motifs is 1. The van der Waals surface area contributed by atoms with Crippen molar-refractivity contribution in [3.8, 4) is 6.07 Å². The Morgan fingerprint density at radius 1 is 1.20 bits per heavy atom. The topological polar surface area (TPSA) is 98.6 Å². The summed E-state index contributed by atoms with van der Waals surface area (Å²) < 4.78 is 45.0. The number of pyridine rings is 1. The largest absolute Gasteiger partial charge is 0.417 e. The molecular formula is C24H22F3N5O3. The summed E-state index contributed by atoms with van der Waals surface area (Å²) in [5, 5.41) is 12.6. The van der Waals surface area contributed by atoms with E-state index in [4.69, 9.17) is 4.74 Å². The molecule has 2 unspecified atom stereocenters. The van der Waals surface area contributed by atoms with E-state index in [0.717, 1.165) is 35.8 Å². The Labute approximate surface area is 199 Å². The summed E-state index contributed by atoms with van der Waals surface area (Å²) in [6, 6.07) is 7.35. The minimum Gasteiger partial charge on any atom is -0.381 e. The van der Waals surface area contributed by atoms with Crippen molar-refractivity contribution in [3.63, 3.8) is 0 Å². The maximum atomic E-state index is 13.3. The first-order valence-electron chi connectivity index (χ1n) is 11.1. The van der Waals surface area contributed by atoms with E-state index in [1.54, 1.807) is 26.1 Å². The number of anilines is 2. The molecule has 8 nitrogen and oxygen atoms in total. The van der Waals surface area contributed by atoms with E-state index in [2.05, 4.69) is 10.3 Å². The Balaban J connectivity index is 1.38. The van der Waals surface area contributed by atoms with Gasteiger partial charge in [0.05, 0.1) is 36.1 Å². The fourth-order valence-electron chi connectivity index (χ4n) is 4.80. The van der Waals surface area contributed by atoms with Crippen molar-refractivity contribution in [1.29, 1.82) is 5.26 Å². The van der Waals surface area contributed by atoms with Crippen LogP contribution < -0.4 is 10.2 Å². The number of nitrogens with zero attached hydrogens (tertiary/aromatic N) is 4. The predicted molar refractivity (Wildman–Crippen MR) is 118 cm³/mol. The van der Waals surface area contributed by atoms with Crippen LogP contribution in [-0.4, -0.2) is 46.6 Å². The average molecular weight is 485 g/mol. The third-order valence-electron chi connectivity index (χ3n) is 6.94. The van der Waals surface area contributed by atoms with Crippen molar-refractivity contribution in [3.05, 3.63) is 53.2 Å². The van der Waals surface area contributed by atoms with Crippen LogP contribution in [0.2, 0.25) is 0 Å². The molecule has 1 saturated carbocycles. The van der Waals surface area contributed by atoms with Crippen LogP contribution in [0.3, 0.4) is 0 Å². The second kappa shape index (κ2) is 7.95. The lowest BCUT2D eigenvalue weighted by Gasteiger charge is -2.27. The Bertz CT molecular complexity index is 1250. The standard InChI is InChI=1S/C24H22F3N5O3/c1-23(2)21(33)32(15-3-4-18(24(25,26)27)14(8-15)9-28)22(34)31(23)10-13-5-6-29-19(7-13)30-20-16-11-35-12-17(16)20/h3-8,16-17,20H,10-12H2,1-2H3,(H,29,30). The van der Waals surface area contributed by atoms with Gasteiger partial charge in [0.15, 0.2) is 0 Å². The average Bonchev–Trinajstić information content (AvgIpc) is 3.14. The van der Waals surface area contributed by atoms with Gasteiger partial charge in [0.25, 0.3) is 5.91 Å². The molecule has 2 saturated heterocycles. The third-order valence-corrected chi connectivity index (χ3v) is 6.94. The van der Waals surface area contributed by atoms with E-state index in [1.165, 1.54) is 11.0 Å². The molecule has 0 spiro atoms. The Morgan fingerprint density at radius 3 is 2.57 bits per heavy atom. The first kappa shape index (κ1) is 23.1. The summed E-state index contributed by atoms with van der Waals surface area (Å²) in [5.41, 5.74) is -2.38. The molecule has 182 valence electrons. The van der Waals surface area contributed by atoms with Crippen LogP contribution in [0, 0.1) is 23.2 Å². The van der Waals surface area contributed by atoms with Gasteiger partial charge in [0.2, 0.25) is 0 Å². The number of hydrogen-bond acceptors (Lipinski definition) is 6. The number of carbonyl (C=O) groups is 2. The molecule has 3 fully saturated rings. The van der Waals surface area contributed by atoms with Crippen LogP contribution in [0.15, 0.2) is 36.5 Å². The van der Waals surface area contributed by atoms with Crippen LogP contribution in [0.4, 0.5) is 29.5 Å². The number of hydrogen-bond donors (Lipinski definition) is 1. The monoisotopic (exact) mass is 485 g/mol. The summed E-state index contributed by atoms with van der Waals surface area (Å²) in [6.45, 7) is 4.71. The van der Waals surface area contributed by atoms with E-state index in [1.807, 2.05) is 6.07 Å². The van der Waals surface area contributed by atoms with Gasteiger partial charge < -0.3 is 15.0 Å². The summed E-state index contributed by atoms with van der Waals surface area (Å²) >= 11 is 0. The highest BCUT2D eigenvalue weighted by molar-refractivity contribution is 6.23. The quantitative estimate of drug-likeness (QED) is 0.648. The van der Waals surface area contributed by atoms with Gasteiger partial charge in [0.1, 0.15) is 11.4 Å². The van der Waals surface area contributed by atoms with E-state index in [9.17, 15) is 28.0 Å². The van der Waals surface area contributed by atoms with Crippen molar-refractivity contribution in [1.82, 2.24) is 9.88 Å². The molecule has 1 aromatic carbocycles. The highest BCUT2D eigenvalue weighted by atomic mass is 19.4. The fraction of sp³-hybridized carbons (Fsp3) is 0.417. The maximum Gasteiger partial charge on any atom is 0.417 e. The summed E-state index contributed by atoms with van der Waals surface area (Å²) in [7, 11) is 0. The van der Waals surface area contributed by atoms with Crippen molar-refractivity contribution >= 4 is 23.4 Å². The first-order chi connectivity index (χ1) is 16.5. The number of ether oxygens (including phenoxy) is 1. The molecule has 1 aromatic heterocycles. The van der Waals surface area contributed by atoms with E-state index >= 15 is 0 Å². The lowest BCUT2D eigenvalue weighted by atomic mass is 10.0. The molecule has 2 aliphatic heterocycles. The summed E-state index contributed by atoms with van der Waals surface area (Å²) in [6.07, 6.45) is -3.11. The number of carbonyl (C=O) groups excluding carboxylic acids is 2. The number of benzene rings is 1. The number of rotatable bonds is 5. The molecule has 3 aliphatic rings. The van der Waals surface area contributed by atoms with Gasteiger partial charge >= 0.3 is 12.2 Å². The van der Waals surface area contributed by atoms with E-state index < -0.39 is 34.8 Å². The molecular weight excluding hydrogens is 463 g/mol. The second-order valence-corrected chi connectivity index (χ2v) is 9.49. The van der Waals surface area contributed by atoms with Crippen LogP contribution in [0.5, 0.6) is 0 Å². The van der Waals surface area contributed by atoms with Gasteiger partial charge in [-0.1, -0.05) is 0 Å². The predicted octanol–water partition coefficient (Wildman–Crippen LogP) is 3.78. The number of aromatic nitrogens is 1. The summed E-state index contributed by atoms with van der Waals surface area (Å²) in [5.74, 6) is 1.03. The van der Waals surface area contributed by atoms with Gasteiger partial charge in [-0.3, -0.25) is 4.79 Å². The van der Waals surface area contributed by atoms with Crippen LogP contribution in [-0.2, 0) is 22.3 Å². The molecule has 5 rings (SSSR count). The highest BCUT2D eigenvalue weighted by Gasteiger charge is 2.54. The minimum atomic E-state index is -4.73. The maximum absolute atomic E-state index is 13.3. The third kappa shape index (κ3) is 3.87. The Morgan fingerprint density at radius 2 is 1.91 bits per heavy atom. The van der Waals surface area contributed by atoms with E-state index in [0.29, 0.717) is 29.8 Å². The van der Waals surface area contributed by atoms with Crippen molar-refractivity contribution in [2.24, 2.45) is 11.8 Å². The molecule has 1 aliphatic carbocycles. The Hall–Kier alpha value is -3.65. The SMILES string of the molecule is CC1(C)C(=O)N(c2ccc(C(F)(F)F)c(C#N)c2)C(=O)N1Cc1ccnc(NC2C3COCC32)c1. The van der Waals surface area contributed by atoms with Gasteiger partial charge in [0, 0.05) is 30.6 Å². The van der Waals surface area contributed by atoms with Crippen molar-refractivity contribution < 1.29 is 27.5 Å². The van der Waals surface area contributed by atoms with Crippen LogP contribution in [0.1, 0.15) is 30.5 Å². The molecule has 3 heterocycles. The molecule has 2 aromatic rings. The fourth-order valence-corrected chi connectivity index (χ4v) is 4.80. The van der Waals surface area contributed by atoms with Crippen LogP contribution in [0.25, 0.3) is 0 Å². The number of nitrogens with one attached hydrogen (secondary N) is 1. The van der Waals surface area contributed by atoms with Crippen LogP contribution >= 0.6 is 0 Å². The van der Waals surface area contributed by atoms with Crippen molar-refractivity contribution in [2.45, 2.75) is 38.1 Å². The zero-order valence-corrected chi connectivity index (χ0v) is 19.0. The Kier molecular flexibility index (Phi) is 5.25. The van der Waals surface area contributed by atoms with Gasteiger partial charge in [-0.25, -0.2) is 14.7 Å². The van der Waals surface area contributed by atoms with Gasteiger partial charge in [-0.2, -0.15) is 18.4 Å². The minimum absolute atomic E-state index is 0.0836. The number of urea groups is 1. The second-order valence-electron chi connectivity index (χ2n) is 9.49. The first-order valence-corrected chi connectivity index (χ1v) is 11.1. The van der Waals surface area contributed by atoms with Gasteiger partial charge in [-0.05, 0) is 49.7 Å². The molecule has 2 atom stereocenters. The number of alkyl halides is 3. The number of imide groups is 1. The lowest BCUT2D eigenvalue weighted by Crippen LogP contribution is -2.43. The number of halogens is 3. The zero-order chi connectivity index (χ0) is 25.1. The highest BCUT2D eigenvalue weighted by Crippen LogP contribution is 2.46. The van der Waals surface area contributed by atoms with E-state index in [-0.39, 0.29) is 12.2 Å². The zero-order valence-electron chi connectivity index (χ0n) is 19.0. The molecule has 11 heteroatoms. The summed E-state index contributed by atoms with van der Waals surface area (Å²) in [4.78, 5) is 33.0. The van der Waals surface area contributed by atoms with Crippen molar-refractivity contribution in [2.75, 3.05) is 23.4 Å².